The molecule has 0 radical (unpaired) electrons. The summed E-state index contributed by atoms with van der Waals surface area (Å²) in [6.45, 7) is 4.58. The zero-order valence-electron chi connectivity index (χ0n) is 48.3. The molecule has 11 aliphatic rings. The van der Waals surface area contributed by atoms with Crippen molar-refractivity contribution in [2.45, 2.75) is 73.7 Å². The minimum absolute atomic E-state index is 0. The summed E-state index contributed by atoms with van der Waals surface area (Å²) in [6, 6.07) is 96.3. The SMILES string of the molecule is Cc1cc(-n2c3[c-]c(Oc4[c-]c(N5[CH-]N(C67c8ccccc8C(c8ccccc8)(c8ccccc86)C6c8ccccc8C7c7ccccc76)c6ccccc65)ccc4)ccc3c3ccccc32)ncc1-c1ccc(C23CC4CC(CC(C4)C2)C3)cc1.[Pt]. The number of benzene rings is 10. The first-order valence-corrected chi connectivity index (χ1v) is 31.2. The van der Waals surface area contributed by atoms with Crippen LogP contribution in [0.15, 0.2) is 243 Å². The molecule has 8 bridgehead atoms. The molecule has 23 rings (SSSR count). The Hall–Kier alpha value is -8.76. The van der Waals surface area contributed by atoms with Crippen molar-refractivity contribution in [3.8, 4) is 28.4 Å². The van der Waals surface area contributed by atoms with Crippen LogP contribution in [-0.4, -0.2) is 9.55 Å². The molecule has 0 atom stereocenters. The van der Waals surface area contributed by atoms with Gasteiger partial charge in [0, 0.05) is 73.1 Å². The Labute approximate surface area is 523 Å². The number of aromatic nitrogens is 2. The predicted molar refractivity (Wildman–Crippen MR) is 345 cm³/mol. The molecular formula is C81H61N4OPt-3. The van der Waals surface area contributed by atoms with Crippen LogP contribution in [0.2, 0.25) is 0 Å². The van der Waals surface area contributed by atoms with E-state index >= 15 is 0 Å². The van der Waals surface area contributed by atoms with Crippen molar-refractivity contribution in [3.63, 3.8) is 0 Å². The van der Waals surface area contributed by atoms with Crippen molar-refractivity contribution < 1.29 is 25.8 Å². The van der Waals surface area contributed by atoms with Gasteiger partial charge in [0.1, 0.15) is 5.82 Å². The summed E-state index contributed by atoms with van der Waals surface area (Å²) in [5.74, 6) is 4.78. The van der Waals surface area contributed by atoms with Crippen LogP contribution >= 0.6 is 0 Å². The van der Waals surface area contributed by atoms with E-state index in [4.69, 9.17) is 9.72 Å². The van der Waals surface area contributed by atoms with Gasteiger partial charge in [0.05, 0.1) is 11.0 Å². The molecule has 10 aromatic carbocycles. The second kappa shape index (κ2) is 19.1. The van der Waals surface area contributed by atoms with Gasteiger partial charge in [0.15, 0.2) is 0 Å². The molecule has 2 aromatic heterocycles. The minimum Gasteiger partial charge on any atom is -0.509 e. The number of pyridine rings is 1. The average Bonchev–Trinajstić information content (AvgIpc) is 1.48. The van der Waals surface area contributed by atoms with Crippen molar-refractivity contribution in [2.24, 2.45) is 17.8 Å². The van der Waals surface area contributed by atoms with Gasteiger partial charge in [-0.3, -0.25) is 0 Å². The third-order valence-corrected chi connectivity index (χ3v) is 21.8. The van der Waals surface area contributed by atoms with E-state index in [0.29, 0.717) is 16.9 Å². The van der Waals surface area contributed by atoms with E-state index in [1.54, 1.807) is 5.56 Å². The summed E-state index contributed by atoms with van der Waals surface area (Å²) in [7, 11) is 0. The Kier molecular flexibility index (Phi) is 11.3. The minimum atomic E-state index is -0.752. The molecule has 0 amide bonds. The van der Waals surface area contributed by atoms with Crippen LogP contribution in [0, 0.1) is 43.5 Å². The van der Waals surface area contributed by atoms with E-state index in [-0.39, 0.29) is 32.9 Å². The fourth-order valence-corrected chi connectivity index (χ4v) is 19.1. The Bertz CT molecular complexity index is 4640. The largest absolute Gasteiger partial charge is 0.509 e. The van der Waals surface area contributed by atoms with Crippen LogP contribution in [0.4, 0.5) is 17.1 Å². The Balaban J connectivity index is 0.00000569. The molecule has 424 valence electrons. The third-order valence-electron chi connectivity index (χ3n) is 21.8. The van der Waals surface area contributed by atoms with Crippen molar-refractivity contribution >= 4 is 38.9 Å². The Morgan fingerprint density at radius 2 is 1.08 bits per heavy atom. The van der Waals surface area contributed by atoms with Gasteiger partial charge in [-0.2, -0.15) is 18.8 Å². The van der Waals surface area contributed by atoms with Crippen LogP contribution in [-0.2, 0) is 37.4 Å². The summed E-state index contributed by atoms with van der Waals surface area (Å²) in [4.78, 5) is 10.2. The maximum absolute atomic E-state index is 6.93. The number of fused-ring (bicyclic) bond motifs is 4. The zero-order valence-corrected chi connectivity index (χ0v) is 50.6. The first-order chi connectivity index (χ1) is 42.5. The van der Waals surface area contributed by atoms with E-state index in [1.165, 1.54) is 105 Å². The quantitative estimate of drug-likeness (QED) is 0.142. The molecule has 0 N–H and O–H groups in total. The predicted octanol–water partition coefficient (Wildman–Crippen LogP) is 19.0. The molecule has 0 unspecified atom stereocenters. The third kappa shape index (κ3) is 7.10. The molecule has 0 saturated heterocycles. The molecule has 10 aliphatic carbocycles. The number of ether oxygens (including phenoxy) is 1. The Morgan fingerprint density at radius 1 is 0.506 bits per heavy atom. The maximum atomic E-state index is 6.93. The van der Waals surface area contributed by atoms with Gasteiger partial charge in [0.25, 0.3) is 0 Å². The second-order valence-corrected chi connectivity index (χ2v) is 26.1. The van der Waals surface area contributed by atoms with Crippen LogP contribution in [0.3, 0.4) is 0 Å². The number of rotatable bonds is 8. The topological polar surface area (TPSA) is 33.5 Å². The standard InChI is InChI=1S/C81H61N4O.Pt/c1-51-40-76(82-49-67(51)55-34-36-56(37-35-55)79-46-52-41-53(47-79)43-54(42-52)48-79)85-72-31-14-9-22-61(72)62-39-38-60(45-75(62)85)86-59-21-17-20-58(44-59)83-50-84(74-33-16-15-32-73(74)83)81-70-29-12-10-27-68(70)80(57-18-3-2-4-19-57,69-28-11-13-30-71(69)81)77-63-23-5-7-25-65(63)78(81)66-26-8-6-24-64(66)77;/h2-40,49-50,52-54,77-78H,41-43,46-48H2,1H3;/q-3;. The molecule has 0 spiro atoms. The number of hydrogen-bond acceptors (Lipinski definition) is 4. The molecular weight excluding hydrogens is 1240 g/mol. The molecule has 87 heavy (non-hydrogen) atoms. The summed E-state index contributed by atoms with van der Waals surface area (Å²) >= 11 is 0. The van der Waals surface area contributed by atoms with Crippen molar-refractivity contribution in [2.75, 3.05) is 9.80 Å². The van der Waals surface area contributed by atoms with E-state index in [9.17, 15) is 0 Å². The van der Waals surface area contributed by atoms with E-state index in [1.807, 2.05) is 12.1 Å². The molecule has 4 fully saturated rings. The molecule has 6 heteroatoms. The molecule has 1 aliphatic heterocycles. The summed E-state index contributed by atoms with van der Waals surface area (Å²) in [5.41, 5.74) is 21.4. The van der Waals surface area contributed by atoms with Gasteiger partial charge in [-0.25, -0.2) is 4.98 Å². The summed E-state index contributed by atoms with van der Waals surface area (Å²) < 4.78 is 9.18. The molecule has 3 heterocycles. The first kappa shape index (κ1) is 51.5. The van der Waals surface area contributed by atoms with Crippen LogP contribution in [0.5, 0.6) is 11.5 Å². The van der Waals surface area contributed by atoms with E-state index < -0.39 is 11.0 Å². The molecule has 4 saturated carbocycles. The van der Waals surface area contributed by atoms with Gasteiger partial charge in [-0.15, -0.1) is 41.4 Å². The fourth-order valence-electron chi connectivity index (χ4n) is 19.1. The van der Waals surface area contributed by atoms with E-state index in [2.05, 4.69) is 271 Å². The van der Waals surface area contributed by atoms with Crippen molar-refractivity contribution in [1.29, 1.82) is 0 Å². The first-order valence-electron chi connectivity index (χ1n) is 31.2. The Morgan fingerprint density at radius 3 is 1.75 bits per heavy atom. The fraction of sp³-hybridized carbons (Fsp3) is 0.185. The van der Waals surface area contributed by atoms with Crippen molar-refractivity contribution in [3.05, 3.63) is 323 Å². The maximum Gasteiger partial charge on any atom is 0.135 e. The number of aryl methyl sites for hydroxylation is 1. The van der Waals surface area contributed by atoms with Crippen molar-refractivity contribution in [1.82, 2.24) is 9.55 Å². The molecule has 12 aromatic rings. The number of nitrogens with zero attached hydrogens (tertiary/aromatic N) is 4. The summed E-state index contributed by atoms with van der Waals surface area (Å²) in [6.07, 6.45) is 10.6. The van der Waals surface area contributed by atoms with Gasteiger partial charge in [-0.1, -0.05) is 188 Å². The van der Waals surface area contributed by atoms with Crippen LogP contribution < -0.4 is 14.5 Å². The van der Waals surface area contributed by atoms with Gasteiger partial charge in [0.2, 0.25) is 0 Å². The molecule has 5 nitrogen and oxygen atoms in total. The number of para-hydroxylation sites is 3. The normalized spacial score (nSPS) is 24.6. The van der Waals surface area contributed by atoms with Crippen LogP contribution in [0.25, 0.3) is 38.8 Å². The smallest absolute Gasteiger partial charge is 0.135 e. The summed E-state index contributed by atoms with van der Waals surface area (Å²) in [5, 5.41) is 2.24. The number of anilines is 3. The van der Waals surface area contributed by atoms with Gasteiger partial charge in [-0.05, 0) is 165 Å². The van der Waals surface area contributed by atoms with Crippen LogP contribution in [0.1, 0.15) is 112 Å². The number of hydrogen-bond donors (Lipinski definition) is 0. The second-order valence-electron chi connectivity index (χ2n) is 26.1. The van der Waals surface area contributed by atoms with Gasteiger partial charge < -0.3 is 19.1 Å². The van der Waals surface area contributed by atoms with Gasteiger partial charge >= 0.3 is 0 Å². The average molecular weight is 1300 g/mol. The zero-order chi connectivity index (χ0) is 56.5. The monoisotopic (exact) mass is 1300 g/mol. The van der Waals surface area contributed by atoms with E-state index in [0.717, 1.165) is 62.4 Å².